The number of halogens is 1. The molecule has 9 heteroatoms. The molecule has 4 rings (SSSR count). The summed E-state index contributed by atoms with van der Waals surface area (Å²) in [6.07, 6.45) is 7.32. The van der Waals surface area contributed by atoms with E-state index in [-0.39, 0.29) is 41.8 Å². The average molecular weight is 570 g/mol. The highest BCUT2D eigenvalue weighted by molar-refractivity contribution is 9.09. The lowest BCUT2D eigenvalue weighted by atomic mass is 9.70. The minimum atomic E-state index is -1.14. The van der Waals surface area contributed by atoms with Gasteiger partial charge in [-0.15, -0.1) is 6.58 Å². The van der Waals surface area contributed by atoms with Gasteiger partial charge in [-0.2, -0.15) is 0 Å². The summed E-state index contributed by atoms with van der Waals surface area (Å²) < 4.78 is 11.9. The number of likely N-dealkylation sites (tertiary alicyclic amines) is 1. The van der Waals surface area contributed by atoms with Crippen molar-refractivity contribution in [3.8, 4) is 0 Å². The van der Waals surface area contributed by atoms with Crippen molar-refractivity contribution in [1.29, 1.82) is 0 Å². The SMILES string of the molecule is C=CCN(C(=O)C1N([C@@H](CO)CC(C)C)C(=O)[C@@H]2[C@H](C(=O)OCC)[C@H]3OC12CC3Br)C1CCCCC1. The van der Waals surface area contributed by atoms with Crippen molar-refractivity contribution in [2.24, 2.45) is 17.8 Å². The number of carbonyl (C=O) groups excluding carboxylic acids is 3. The van der Waals surface area contributed by atoms with Crippen molar-refractivity contribution in [3.63, 3.8) is 0 Å². The summed E-state index contributed by atoms with van der Waals surface area (Å²) in [6, 6.07) is -1.37. The van der Waals surface area contributed by atoms with Gasteiger partial charge in [0.25, 0.3) is 0 Å². The van der Waals surface area contributed by atoms with Crippen LogP contribution in [0.2, 0.25) is 0 Å². The van der Waals surface area contributed by atoms with Gasteiger partial charge in [-0.1, -0.05) is 55.1 Å². The smallest absolute Gasteiger partial charge is 0.312 e. The Balaban J connectivity index is 1.79. The van der Waals surface area contributed by atoms with Crippen LogP contribution in [0, 0.1) is 17.8 Å². The first-order chi connectivity index (χ1) is 17.2. The number of aliphatic hydroxyl groups excluding tert-OH is 1. The summed E-state index contributed by atoms with van der Waals surface area (Å²) in [5.74, 6) is -2.29. The van der Waals surface area contributed by atoms with Crippen molar-refractivity contribution in [3.05, 3.63) is 12.7 Å². The second-order valence-electron chi connectivity index (χ2n) is 11.2. The molecule has 0 aromatic rings. The fraction of sp³-hybridized carbons (Fsp3) is 0.815. The van der Waals surface area contributed by atoms with Gasteiger partial charge in [0.15, 0.2) is 0 Å². The molecule has 3 heterocycles. The fourth-order valence-electron chi connectivity index (χ4n) is 7.18. The van der Waals surface area contributed by atoms with E-state index < -0.39 is 41.6 Å². The fourth-order valence-corrected chi connectivity index (χ4v) is 8.12. The number of carbonyl (C=O) groups is 3. The minimum absolute atomic E-state index is 0.0774. The summed E-state index contributed by atoms with van der Waals surface area (Å²) in [5, 5.41) is 10.4. The highest BCUT2D eigenvalue weighted by Gasteiger charge is 2.77. The number of aliphatic hydroxyl groups is 1. The average Bonchev–Trinajstić information content (AvgIpc) is 3.44. The first kappa shape index (κ1) is 27.6. The lowest BCUT2D eigenvalue weighted by Gasteiger charge is -2.42. The van der Waals surface area contributed by atoms with E-state index in [1.165, 1.54) is 0 Å². The van der Waals surface area contributed by atoms with E-state index in [2.05, 4.69) is 22.5 Å². The van der Waals surface area contributed by atoms with Gasteiger partial charge in [-0.25, -0.2) is 0 Å². The maximum atomic E-state index is 14.5. The molecule has 3 unspecified atom stereocenters. The van der Waals surface area contributed by atoms with Crippen molar-refractivity contribution < 1.29 is 29.0 Å². The van der Waals surface area contributed by atoms with E-state index in [1.54, 1.807) is 17.9 Å². The lowest BCUT2D eigenvalue weighted by Crippen LogP contribution is -2.60. The standard InChI is InChI=1S/C27H41BrN2O6/c1-5-12-29(17-10-8-7-9-11-17)25(33)23-27-14-19(28)22(36-27)20(26(34)35-6-2)21(27)24(32)30(23)18(15-31)13-16(3)4/h5,16-23,31H,1,6-15H2,2-4H3/t18-,19?,20+,21+,22+,23?,27?/m1/s1. The first-order valence-electron chi connectivity index (χ1n) is 13.5. The van der Waals surface area contributed by atoms with Gasteiger partial charge in [0.1, 0.15) is 11.6 Å². The van der Waals surface area contributed by atoms with Crippen LogP contribution in [0.4, 0.5) is 0 Å². The largest absolute Gasteiger partial charge is 0.466 e. The molecule has 2 amide bonds. The summed E-state index contributed by atoms with van der Waals surface area (Å²) in [5.41, 5.74) is -1.14. The molecule has 0 aromatic carbocycles. The lowest BCUT2D eigenvalue weighted by molar-refractivity contribution is -0.157. The Morgan fingerprint density at radius 2 is 2.03 bits per heavy atom. The quantitative estimate of drug-likeness (QED) is 0.247. The van der Waals surface area contributed by atoms with Crippen molar-refractivity contribution in [1.82, 2.24) is 9.80 Å². The molecule has 4 aliphatic rings. The monoisotopic (exact) mass is 568 g/mol. The number of nitrogens with zero attached hydrogens (tertiary/aromatic N) is 2. The zero-order valence-corrected chi connectivity index (χ0v) is 23.3. The second kappa shape index (κ2) is 11.1. The second-order valence-corrected chi connectivity index (χ2v) is 12.4. The molecule has 1 spiro atoms. The van der Waals surface area contributed by atoms with Crippen LogP contribution in [0.15, 0.2) is 12.7 Å². The molecule has 3 saturated heterocycles. The van der Waals surface area contributed by atoms with Crippen LogP contribution in [0.3, 0.4) is 0 Å². The Morgan fingerprint density at radius 1 is 1.33 bits per heavy atom. The molecule has 3 aliphatic heterocycles. The summed E-state index contributed by atoms with van der Waals surface area (Å²) >= 11 is 3.69. The van der Waals surface area contributed by atoms with Crippen LogP contribution in [-0.4, -0.2) is 87.1 Å². The van der Waals surface area contributed by atoms with Crippen LogP contribution >= 0.6 is 15.9 Å². The van der Waals surface area contributed by atoms with E-state index >= 15 is 0 Å². The number of fused-ring (bicyclic) bond motifs is 1. The first-order valence-corrected chi connectivity index (χ1v) is 14.5. The maximum Gasteiger partial charge on any atom is 0.312 e. The zero-order chi connectivity index (χ0) is 26.2. The van der Waals surface area contributed by atoms with Crippen LogP contribution in [0.5, 0.6) is 0 Å². The highest BCUT2D eigenvalue weighted by atomic mass is 79.9. The number of esters is 1. The third kappa shape index (κ3) is 4.53. The Bertz CT molecular complexity index is 861. The summed E-state index contributed by atoms with van der Waals surface area (Å²) in [4.78, 5) is 45.1. The number of ether oxygens (including phenoxy) is 2. The van der Waals surface area contributed by atoms with Crippen LogP contribution < -0.4 is 0 Å². The molecular weight excluding hydrogens is 528 g/mol. The van der Waals surface area contributed by atoms with Gasteiger partial charge in [0.2, 0.25) is 11.8 Å². The van der Waals surface area contributed by atoms with E-state index in [0.717, 1.165) is 32.1 Å². The van der Waals surface area contributed by atoms with Gasteiger partial charge < -0.3 is 24.4 Å². The third-order valence-electron chi connectivity index (χ3n) is 8.49. The molecule has 0 aromatic heterocycles. The highest BCUT2D eigenvalue weighted by Crippen LogP contribution is 2.61. The molecule has 1 saturated carbocycles. The van der Waals surface area contributed by atoms with Gasteiger partial charge >= 0.3 is 5.97 Å². The predicted octanol–water partition coefficient (Wildman–Crippen LogP) is 3.05. The third-order valence-corrected chi connectivity index (χ3v) is 9.34. The number of hydrogen-bond acceptors (Lipinski definition) is 6. The van der Waals surface area contributed by atoms with E-state index in [0.29, 0.717) is 19.4 Å². The molecule has 202 valence electrons. The molecule has 8 nitrogen and oxygen atoms in total. The zero-order valence-electron chi connectivity index (χ0n) is 21.7. The van der Waals surface area contributed by atoms with Gasteiger partial charge in [-0.3, -0.25) is 14.4 Å². The molecule has 0 radical (unpaired) electrons. The van der Waals surface area contributed by atoms with Gasteiger partial charge in [-0.05, 0) is 38.5 Å². The molecule has 4 fully saturated rings. The molecule has 1 aliphatic carbocycles. The molecule has 36 heavy (non-hydrogen) atoms. The van der Waals surface area contributed by atoms with Crippen molar-refractivity contribution in [2.45, 2.75) is 100 Å². The van der Waals surface area contributed by atoms with Gasteiger partial charge in [0, 0.05) is 17.4 Å². The van der Waals surface area contributed by atoms with E-state index in [1.807, 2.05) is 18.7 Å². The molecule has 2 bridgehead atoms. The molecule has 7 atom stereocenters. The summed E-state index contributed by atoms with van der Waals surface area (Å²) in [6.45, 7) is 10.0. The number of rotatable bonds is 10. The minimum Gasteiger partial charge on any atom is -0.466 e. The van der Waals surface area contributed by atoms with Crippen LogP contribution in [0.25, 0.3) is 0 Å². The summed E-state index contributed by atoms with van der Waals surface area (Å²) in [7, 11) is 0. The number of hydrogen-bond donors (Lipinski definition) is 1. The Morgan fingerprint density at radius 3 is 2.61 bits per heavy atom. The predicted molar refractivity (Wildman–Crippen MR) is 138 cm³/mol. The van der Waals surface area contributed by atoms with Crippen molar-refractivity contribution in [2.75, 3.05) is 19.8 Å². The van der Waals surface area contributed by atoms with E-state index in [9.17, 15) is 19.5 Å². The Kier molecular flexibility index (Phi) is 8.52. The van der Waals surface area contributed by atoms with Crippen LogP contribution in [0.1, 0.15) is 65.7 Å². The number of amides is 2. The van der Waals surface area contributed by atoms with Gasteiger partial charge in [0.05, 0.1) is 37.2 Å². The topological polar surface area (TPSA) is 96.4 Å². The van der Waals surface area contributed by atoms with E-state index in [4.69, 9.17) is 9.47 Å². The number of alkyl halides is 1. The van der Waals surface area contributed by atoms with Crippen molar-refractivity contribution >= 4 is 33.7 Å². The Labute approximate surface area is 222 Å². The van der Waals surface area contributed by atoms with Crippen LogP contribution in [-0.2, 0) is 23.9 Å². The molecule has 1 N–H and O–H groups in total. The normalized spacial score (nSPS) is 34.7. The maximum absolute atomic E-state index is 14.5. The molecular formula is C27H41BrN2O6. The Hall–Kier alpha value is -1.45.